The van der Waals surface area contributed by atoms with Crippen molar-refractivity contribution in [3.8, 4) is 51.7 Å². The van der Waals surface area contributed by atoms with E-state index in [-0.39, 0.29) is 59.2 Å². The van der Waals surface area contributed by atoms with Gasteiger partial charge in [-0.25, -0.2) is 0 Å². The van der Waals surface area contributed by atoms with Crippen LogP contribution in [0.1, 0.15) is 103 Å². The van der Waals surface area contributed by atoms with Crippen LogP contribution in [0.25, 0.3) is 32.7 Å². The first-order valence-electron chi connectivity index (χ1n) is 29.2. The number of methoxy groups -OCH3 is 3. The Balaban J connectivity index is 1.01. The smallest absolute Gasteiger partial charge is 0.316 e. The highest BCUT2D eigenvalue weighted by atomic mass is 16.6. The van der Waals surface area contributed by atoms with Crippen LogP contribution >= 0.6 is 0 Å². The van der Waals surface area contributed by atoms with Crippen molar-refractivity contribution in [2.24, 2.45) is 29.6 Å². The van der Waals surface area contributed by atoms with Crippen LogP contribution in [0.4, 0.5) is 0 Å². The Kier molecular flexibility index (Phi) is 14.0. The lowest BCUT2D eigenvalue weighted by Crippen LogP contribution is -2.65. The van der Waals surface area contributed by atoms with Gasteiger partial charge in [-0.2, -0.15) is 0 Å². The van der Waals surface area contributed by atoms with Gasteiger partial charge >= 0.3 is 11.9 Å². The molecule has 12 atom stereocenters. The number of carbonyl (C=O) groups is 2. The largest absolute Gasteiger partial charge is 0.508 e. The Morgan fingerprint density at radius 2 is 1.51 bits per heavy atom. The lowest BCUT2D eigenvalue weighted by Gasteiger charge is -2.66. The summed E-state index contributed by atoms with van der Waals surface area (Å²) in [6, 6.07) is 40.4. The second kappa shape index (κ2) is 21.3. The van der Waals surface area contributed by atoms with E-state index in [0.717, 1.165) is 78.0 Å². The standard InChI is InChI=1S/C70H71NO11/c1-39(72)81-64-31-52(82-68(77)69-20-8-10-40(35-69)14-15-42(38-78-2)37-71-36-41-9-7-13-45(21-41)54-29-51(73)23-46-17-18-49(69)28-53(46)54)30-57-55-33-66(80-4)62(75)26-47(55)24-58-61(74)34-59-56-32-63(76)65(79-3)27-48(56)25-60(64)70(59,67(57)58)50-19-16-43-11-5-6-12-44(43)22-50/h5-7,9,11-13,16-19,21-23,26-29,32-33,40,42,52,57-61,64,67,71,73-76H,8,10,20,24-25,30-31,34-38H2,1-4H3. The highest BCUT2D eigenvalue weighted by Gasteiger charge is 2.67. The van der Waals surface area contributed by atoms with Crippen molar-refractivity contribution in [3.05, 3.63) is 160 Å². The summed E-state index contributed by atoms with van der Waals surface area (Å²) in [5.74, 6) is 5.01. The number of ether oxygens (including phenoxy) is 5. The molecule has 7 aromatic carbocycles. The molecular formula is C70H71NO11. The molecule has 6 aliphatic rings. The van der Waals surface area contributed by atoms with E-state index in [4.69, 9.17) is 23.7 Å². The number of hydrogen-bond donors (Lipinski definition) is 5. The molecule has 0 radical (unpaired) electrons. The second-order valence-electron chi connectivity index (χ2n) is 24.3. The monoisotopic (exact) mass is 1100 g/mol. The number of esters is 2. The van der Waals surface area contributed by atoms with Crippen molar-refractivity contribution < 1.29 is 53.7 Å². The van der Waals surface area contributed by atoms with E-state index < -0.39 is 46.9 Å². The average Bonchev–Trinajstić information content (AvgIpc) is 1.06. The molecule has 7 aromatic rings. The lowest BCUT2D eigenvalue weighted by atomic mass is 9.38. The lowest BCUT2D eigenvalue weighted by molar-refractivity contribution is -0.174. The summed E-state index contributed by atoms with van der Waals surface area (Å²) in [5, 5.41) is 54.8. The average molecular weight is 1100 g/mol. The molecule has 0 aromatic heterocycles. The topological polar surface area (TPSA) is 173 Å². The number of benzene rings is 7. The molecule has 82 heavy (non-hydrogen) atoms. The molecule has 12 unspecified atom stereocenters. The molecule has 0 spiro atoms. The molecule has 1 aliphatic heterocycles. The molecule has 13 rings (SSSR count). The first-order valence-corrected chi connectivity index (χ1v) is 29.2. The number of nitrogens with one attached hydrogen (secondary N) is 1. The van der Waals surface area contributed by atoms with Crippen molar-refractivity contribution in [1.29, 1.82) is 0 Å². The second-order valence-corrected chi connectivity index (χ2v) is 24.3. The quantitative estimate of drug-likeness (QED) is 0.0721. The van der Waals surface area contributed by atoms with Gasteiger partial charge in [0.15, 0.2) is 23.0 Å². The molecule has 422 valence electrons. The van der Waals surface area contributed by atoms with Gasteiger partial charge in [-0.1, -0.05) is 91.1 Å². The van der Waals surface area contributed by atoms with Gasteiger partial charge in [0.1, 0.15) is 18.0 Å². The van der Waals surface area contributed by atoms with Crippen LogP contribution in [-0.2, 0) is 54.0 Å². The third-order valence-electron chi connectivity index (χ3n) is 19.9. The maximum Gasteiger partial charge on any atom is 0.316 e. The van der Waals surface area contributed by atoms with Crippen molar-refractivity contribution in [3.63, 3.8) is 0 Å². The van der Waals surface area contributed by atoms with Crippen LogP contribution in [0, 0.1) is 41.4 Å². The Morgan fingerprint density at radius 1 is 0.732 bits per heavy atom. The van der Waals surface area contributed by atoms with Gasteiger partial charge in [-0.05, 0) is 189 Å². The summed E-state index contributed by atoms with van der Waals surface area (Å²) in [5.41, 5.74) is 6.40. The van der Waals surface area contributed by atoms with Crippen molar-refractivity contribution in [1.82, 2.24) is 5.32 Å². The Hall–Kier alpha value is -7.56. The van der Waals surface area contributed by atoms with E-state index in [1.54, 1.807) is 32.4 Å². The summed E-state index contributed by atoms with van der Waals surface area (Å²) >= 11 is 0. The molecule has 0 saturated heterocycles. The van der Waals surface area contributed by atoms with Gasteiger partial charge in [0.2, 0.25) is 0 Å². The predicted molar refractivity (Wildman–Crippen MR) is 313 cm³/mol. The fraction of sp³-hybridized carbons (Fsp3) is 0.400. The molecule has 3 saturated carbocycles. The number of rotatable bonds is 8. The SMILES string of the molecule is COCC1C#CC2CCCC(C(=O)OC3CC(OC(C)=O)C4Cc5cc(OC)c(O)cc5C5CC(O)C6Cc7cc(O)c(OC)cc7C(C3)C6C54c3ccc4ccccc4c3)(C2)c2ccc3cc(O)cc(c3c2)-c2cccc(c2)CNC1. The van der Waals surface area contributed by atoms with Crippen molar-refractivity contribution in [2.45, 2.75) is 112 Å². The van der Waals surface area contributed by atoms with E-state index in [1.165, 1.54) is 14.0 Å². The van der Waals surface area contributed by atoms with Crippen LogP contribution < -0.4 is 14.8 Å². The van der Waals surface area contributed by atoms with Gasteiger partial charge in [0, 0.05) is 50.8 Å². The van der Waals surface area contributed by atoms with Crippen LogP contribution in [0.5, 0.6) is 28.7 Å². The molecule has 6 bridgehead atoms. The molecule has 0 amide bonds. The summed E-state index contributed by atoms with van der Waals surface area (Å²) in [7, 11) is 4.77. The molecule has 5 aliphatic carbocycles. The molecule has 3 fully saturated rings. The Bertz CT molecular complexity index is 3730. The minimum Gasteiger partial charge on any atom is -0.508 e. The number of carbonyl (C=O) groups excluding carboxylic acids is 2. The highest BCUT2D eigenvalue weighted by molar-refractivity contribution is 5.99. The zero-order valence-corrected chi connectivity index (χ0v) is 47.0. The number of aliphatic hydroxyl groups is 1. The van der Waals surface area contributed by atoms with E-state index in [2.05, 4.69) is 71.8 Å². The zero-order valence-electron chi connectivity index (χ0n) is 47.0. The van der Waals surface area contributed by atoms with Crippen LogP contribution in [0.3, 0.4) is 0 Å². The molecule has 5 N–H and O–H groups in total. The number of aliphatic hydroxyl groups excluding tert-OH is 1. The predicted octanol–water partition coefficient (Wildman–Crippen LogP) is 11.5. The number of phenols is 3. The third-order valence-corrected chi connectivity index (χ3v) is 19.9. The maximum atomic E-state index is 16.5. The van der Waals surface area contributed by atoms with E-state index in [0.29, 0.717) is 76.1 Å². The normalized spacial score (nSPS) is 28.9. The number of phenolic OH excluding ortho intramolecular Hbond substituents is 3. The van der Waals surface area contributed by atoms with Gasteiger partial charge < -0.3 is 49.4 Å². The van der Waals surface area contributed by atoms with Gasteiger partial charge in [0.05, 0.1) is 38.3 Å². The molecule has 12 heteroatoms. The zero-order chi connectivity index (χ0) is 56.6. The fourth-order valence-electron chi connectivity index (χ4n) is 16.6. The molecule has 1 heterocycles. The Labute approximate surface area is 478 Å². The Morgan fingerprint density at radius 3 is 2.33 bits per heavy atom. The van der Waals surface area contributed by atoms with Crippen LogP contribution in [0.2, 0.25) is 0 Å². The highest BCUT2D eigenvalue weighted by Crippen LogP contribution is 2.70. The van der Waals surface area contributed by atoms with Gasteiger partial charge in [-0.3, -0.25) is 9.59 Å². The number of fused-ring (bicyclic) bond motifs is 12. The van der Waals surface area contributed by atoms with Crippen molar-refractivity contribution in [2.75, 3.05) is 34.5 Å². The minimum atomic E-state index is -1.17. The maximum absolute atomic E-state index is 16.5. The molecular weight excluding hydrogens is 1030 g/mol. The summed E-state index contributed by atoms with van der Waals surface area (Å²) in [4.78, 5) is 30.4. The first kappa shape index (κ1) is 53.7. The van der Waals surface area contributed by atoms with Gasteiger partial charge in [0.25, 0.3) is 0 Å². The number of aromatic hydroxyl groups is 3. The molecule has 12 nitrogen and oxygen atoms in total. The fourth-order valence-corrected chi connectivity index (χ4v) is 16.6. The third kappa shape index (κ3) is 9.11. The van der Waals surface area contributed by atoms with E-state index >= 15 is 4.79 Å². The summed E-state index contributed by atoms with van der Waals surface area (Å²) in [6.07, 6.45) is 1.69. The minimum absolute atomic E-state index is 0.00470. The van der Waals surface area contributed by atoms with Crippen LogP contribution in [-0.4, -0.2) is 85.2 Å². The summed E-state index contributed by atoms with van der Waals surface area (Å²) < 4.78 is 31.5. The first-order chi connectivity index (χ1) is 39.8. The van der Waals surface area contributed by atoms with E-state index in [1.807, 2.05) is 48.5 Å². The van der Waals surface area contributed by atoms with Crippen LogP contribution in [0.15, 0.2) is 121 Å². The summed E-state index contributed by atoms with van der Waals surface area (Å²) in [6.45, 7) is 3.11. The van der Waals surface area contributed by atoms with Gasteiger partial charge in [-0.15, -0.1) is 0 Å². The van der Waals surface area contributed by atoms with E-state index in [9.17, 15) is 25.2 Å². The van der Waals surface area contributed by atoms with Crippen molar-refractivity contribution >= 4 is 33.5 Å². The number of hydrogen-bond acceptors (Lipinski definition) is 12.